The van der Waals surface area contributed by atoms with Crippen LogP contribution in [0.2, 0.25) is 0 Å². The molecule has 0 aliphatic carbocycles. The minimum absolute atomic E-state index is 0.0152. The van der Waals surface area contributed by atoms with Crippen molar-refractivity contribution in [3.05, 3.63) is 42.0 Å². The van der Waals surface area contributed by atoms with Crippen LogP contribution >= 0.6 is 0 Å². The predicted octanol–water partition coefficient (Wildman–Crippen LogP) is 1.42. The fourth-order valence-corrected chi connectivity index (χ4v) is 1.82. The Balaban J connectivity index is 2.11. The van der Waals surface area contributed by atoms with E-state index in [4.69, 9.17) is 5.11 Å². The molecule has 22 heavy (non-hydrogen) atoms. The number of aliphatic carboxylic acids is 1. The number of benzene rings is 1. The van der Waals surface area contributed by atoms with E-state index in [0.717, 1.165) is 4.68 Å². The molecule has 0 saturated heterocycles. The molecule has 2 aromatic rings. The van der Waals surface area contributed by atoms with Gasteiger partial charge in [0.05, 0.1) is 5.41 Å². The van der Waals surface area contributed by atoms with Crippen LogP contribution in [0.15, 0.2) is 30.6 Å². The van der Waals surface area contributed by atoms with E-state index in [9.17, 15) is 14.0 Å². The summed E-state index contributed by atoms with van der Waals surface area (Å²) in [5.41, 5.74) is -0.289. The van der Waals surface area contributed by atoms with Crippen LogP contribution in [-0.2, 0) is 21.5 Å². The SMILES string of the molecule is CC(C)(C(=O)Nc1ncn(CC(=O)O)n1)c1ccc(F)cc1. The second kappa shape index (κ2) is 5.92. The number of halogens is 1. The number of carboxylic acid groups (broad SMARTS) is 1. The summed E-state index contributed by atoms with van der Waals surface area (Å²) in [6.45, 7) is 3.03. The van der Waals surface area contributed by atoms with Crippen LogP contribution in [0.5, 0.6) is 0 Å². The number of hydrogen-bond donors (Lipinski definition) is 2. The molecule has 0 bridgehead atoms. The van der Waals surface area contributed by atoms with E-state index in [2.05, 4.69) is 15.4 Å². The van der Waals surface area contributed by atoms with Gasteiger partial charge in [0.2, 0.25) is 11.9 Å². The first-order chi connectivity index (χ1) is 10.3. The second-order valence-electron chi connectivity index (χ2n) is 5.25. The molecule has 1 heterocycles. The van der Waals surface area contributed by atoms with Crippen LogP contribution in [0, 0.1) is 5.82 Å². The maximum Gasteiger partial charge on any atom is 0.325 e. The zero-order chi connectivity index (χ0) is 16.3. The number of aromatic nitrogens is 3. The molecule has 0 aliphatic rings. The third-order valence-electron chi connectivity index (χ3n) is 3.19. The van der Waals surface area contributed by atoms with Gasteiger partial charge in [-0.15, -0.1) is 5.10 Å². The molecule has 0 aliphatic heterocycles. The number of rotatable bonds is 5. The number of nitrogens with one attached hydrogen (secondary N) is 1. The number of amides is 1. The first-order valence-electron chi connectivity index (χ1n) is 6.48. The standard InChI is InChI=1S/C14H15FN4O3/c1-14(2,9-3-5-10(15)6-4-9)12(22)17-13-16-8-19(18-13)7-11(20)21/h3-6,8H,7H2,1-2H3,(H,20,21)(H,17,18,22). The van der Waals surface area contributed by atoms with Crippen LogP contribution in [0.25, 0.3) is 0 Å². The van der Waals surface area contributed by atoms with Gasteiger partial charge in [-0.2, -0.15) is 0 Å². The van der Waals surface area contributed by atoms with Crippen molar-refractivity contribution in [1.82, 2.24) is 14.8 Å². The number of carboxylic acids is 1. The lowest BCUT2D eigenvalue weighted by atomic mass is 9.84. The van der Waals surface area contributed by atoms with Crippen molar-refractivity contribution in [1.29, 1.82) is 0 Å². The van der Waals surface area contributed by atoms with Crippen LogP contribution in [-0.4, -0.2) is 31.7 Å². The van der Waals surface area contributed by atoms with Gasteiger partial charge in [-0.25, -0.2) is 14.1 Å². The van der Waals surface area contributed by atoms with Gasteiger partial charge in [-0.3, -0.25) is 14.9 Å². The second-order valence-corrected chi connectivity index (χ2v) is 5.25. The average Bonchev–Trinajstić information content (AvgIpc) is 2.85. The number of carbonyl (C=O) groups excluding carboxylic acids is 1. The van der Waals surface area contributed by atoms with Crippen LogP contribution in [0.4, 0.5) is 10.3 Å². The summed E-state index contributed by atoms with van der Waals surface area (Å²) in [5.74, 6) is -1.81. The molecule has 7 nitrogen and oxygen atoms in total. The Morgan fingerprint density at radius 1 is 1.32 bits per heavy atom. The molecule has 1 amide bonds. The topological polar surface area (TPSA) is 97.1 Å². The highest BCUT2D eigenvalue weighted by atomic mass is 19.1. The number of anilines is 1. The average molecular weight is 306 g/mol. The summed E-state index contributed by atoms with van der Waals surface area (Å²) < 4.78 is 14.1. The molecule has 0 saturated carbocycles. The fourth-order valence-electron chi connectivity index (χ4n) is 1.82. The molecule has 1 aromatic carbocycles. The lowest BCUT2D eigenvalue weighted by Gasteiger charge is -2.23. The van der Waals surface area contributed by atoms with Crippen molar-refractivity contribution in [2.24, 2.45) is 0 Å². The van der Waals surface area contributed by atoms with Crippen LogP contribution in [0.1, 0.15) is 19.4 Å². The van der Waals surface area contributed by atoms with Crippen molar-refractivity contribution < 1.29 is 19.1 Å². The van der Waals surface area contributed by atoms with Crippen molar-refractivity contribution in [3.63, 3.8) is 0 Å². The normalized spacial score (nSPS) is 11.2. The molecule has 0 radical (unpaired) electrons. The van der Waals surface area contributed by atoms with Gasteiger partial charge >= 0.3 is 5.97 Å². The summed E-state index contributed by atoms with van der Waals surface area (Å²) in [4.78, 5) is 26.7. The van der Waals surface area contributed by atoms with Gasteiger partial charge in [0.25, 0.3) is 0 Å². The van der Waals surface area contributed by atoms with Crippen molar-refractivity contribution in [2.45, 2.75) is 25.8 Å². The Morgan fingerprint density at radius 3 is 2.55 bits per heavy atom. The molecule has 2 rings (SSSR count). The van der Waals surface area contributed by atoms with Gasteiger partial charge < -0.3 is 5.11 Å². The van der Waals surface area contributed by atoms with Crippen LogP contribution in [0.3, 0.4) is 0 Å². The van der Waals surface area contributed by atoms with Gasteiger partial charge in [0.15, 0.2) is 0 Å². The Kier molecular flexibility index (Phi) is 4.20. The highest BCUT2D eigenvalue weighted by molar-refractivity contribution is 5.97. The summed E-state index contributed by atoms with van der Waals surface area (Å²) in [5, 5.41) is 15.0. The third kappa shape index (κ3) is 3.46. The highest BCUT2D eigenvalue weighted by Gasteiger charge is 2.30. The van der Waals surface area contributed by atoms with Crippen molar-refractivity contribution >= 4 is 17.8 Å². The minimum Gasteiger partial charge on any atom is -0.480 e. The third-order valence-corrected chi connectivity index (χ3v) is 3.19. The molecule has 116 valence electrons. The zero-order valence-electron chi connectivity index (χ0n) is 12.1. The van der Waals surface area contributed by atoms with Gasteiger partial charge in [-0.05, 0) is 31.5 Å². The van der Waals surface area contributed by atoms with E-state index in [-0.39, 0.29) is 24.2 Å². The largest absolute Gasteiger partial charge is 0.480 e. The lowest BCUT2D eigenvalue weighted by Crippen LogP contribution is -2.35. The molecule has 0 atom stereocenters. The molecule has 0 fully saturated rings. The Hall–Kier alpha value is -2.77. The van der Waals surface area contributed by atoms with Crippen molar-refractivity contribution in [3.8, 4) is 0 Å². The minimum atomic E-state index is -1.06. The smallest absolute Gasteiger partial charge is 0.325 e. The Morgan fingerprint density at radius 2 is 1.95 bits per heavy atom. The molecule has 1 aromatic heterocycles. The summed E-state index contributed by atoms with van der Waals surface area (Å²) >= 11 is 0. The number of carbonyl (C=O) groups is 2. The fraction of sp³-hybridized carbons (Fsp3) is 0.286. The quantitative estimate of drug-likeness (QED) is 0.870. The van der Waals surface area contributed by atoms with E-state index in [1.165, 1.54) is 30.6 Å². The van der Waals surface area contributed by atoms with E-state index >= 15 is 0 Å². The molecular weight excluding hydrogens is 291 g/mol. The molecule has 0 spiro atoms. The van der Waals surface area contributed by atoms with Gasteiger partial charge in [0.1, 0.15) is 18.7 Å². The van der Waals surface area contributed by atoms with Crippen LogP contribution < -0.4 is 5.32 Å². The molecule has 0 unspecified atom stereocenters. The van der Waals surface area contributed by atoms with E-state index in [1.54, 1.807) is 13.8 Å². The van der Waals surface area contributed by atoms with Gasteiger partial charge in [0, 0.05) is 0 Å². The Bertz CT molecular complexity index is 694. The van der Waals surface area contributed by atoms with E-state index in [0.29, 0.717) is 5.56 Å². The molecule has 8 heteroatoms. The zero-order valence-corrected chi connectivity index (χ0v) is 12.1. The summed E-state index contributed by atoms with van der Waals surface area (Å²) in [7, 11) is 0. The molecule has 2 N–H and O–H groups in total. The number of hydrogen-bond acceptors (Lipinski definition) is 4. The lowest BCUT2D eigenvalue weighted by molar-refractivity contribution is -0.137. The van der Waals surface area contributed by atoms with Crippen molar-refractivity contribution in [2.75, 3.05) is 5.32 Å². The van der Waals surface area contributed by atoms with E-state index in [1.807, 2.05) is 0 Å². The van der Waals surface area contributed by atoms with E-state index < -0.39 is 11.4 Å². The molecular formula is C14H15FN4O3. The maximum atomic E-state index is 13.0. The first-order valence-corrected chi connectivity index (χ1v) is 6.48. The maximum absolute atomic E-state index is 13.0. The summed E-state index contributed by atoms with van der Waals surface area (Å²) in [6, 6.07) is 5.63. The predicted molar refractivity (Wildman–Crippen MR) is 75.7 cm³/mol. The monoisotopic (exact) mass is 306 g/mol. The Labute approximate surface area is 125 Å². The highest BCUT2D eigenvalue weighted by Crippen LogP contribution is 2.24. The first kappa shape index (κ1) is 15.6. The summed E-state index contributed by atoms with van der Waals surface area (Å²) in [6.07, 6.45) is 1.22. The van der Waals surface area contributed by atoms with Gasteiger partial charge in [-0.1, -0.05) is 12.1 Å². The number of nitrogens with zero attached hydrogens (tertiary/aromatic N) is 3.